The number of hydrogen-bond acceptors (Lipinski definition) is 2. The summed E-state index contributed by atoms with van der Waals surface area (Å²) in [6, 6.07) is 7.52. The van der Waals surface area contributed by atoms with Gasteiger partial charge in [-0.3, -0.25) is 4.79 Å². The molecule has 1 N–H and O–H groups in total. The molecule has 1 amide bonds. The fraction of sp³-hybridized carbons (Fsp3) is 0.533. The third-order valence-corrected chi connectivity index (χ3v) is 3.19. The number of anilines is 1. The second kappa shape index (κ2) is 7.39. The molecular formula is C15H23ClN2O. The molecule has 106 valence electrons. The molecule has 0 aliphatic carbocycles. The van der Waals surface area contributed by atoms with Crippen LogP contribution in [0, 0.1) is 5.92 Å². The number of carbonyl (C=O) groups is 1. The Morgan fingerprint density at radius 2 is 1.84 bits per heavy atom. The van der Waals surface area contributed by atoms with E-state index in [1.165, 1.54) is 0 Å². The van der Waals surface area contributed by atoms with Crippen LogP contribution in [0.15, 0.2) is 24.3 Å². The van der Waals surface area contributed by atoms with Gasteiger partial charge in [-0.25, -0.2) is 0 Å². The van der Waals surface area contributed by atoms with Crippen LogP contribution in [0.5, 0.6) is 0 Å². The van der Waals surface area contributed by atoms with Crippen LogP contribution in [-0.2, 0) is 0 Å². The van der Waals surface area contributed by atoms with Gasteiger partial charge in [0.25, 0.3) is 5.91 Å². The van der Waals surface area contributed by atoms with Crippen molar-refractivity contribution in [2.24, 2.45) is 5.92 Å². The smallest absolute Gasteiger partial charge is 0.251 e. The number of nitrogens with one attached hydrogen (secondary N) is 1. The highest BCUT2D eigenvalue weighted by molar-refractivity contribution is 6.20. The molecule has 0 radical (unpaired) electrons. The van der Waals surface area contributed by atoms with E-state index in [1.54, 1.807) is 0 Å². The van der Waals surface area contributed by atoms with Gasteiger partial charge in [-0.15, -0.1) is 11.6 Å². The molecule has 0 aliphatic rings. The minimum atomic E-state index is -0.0697. The van der Waals surface area contributed by atoms with E-state index in [9.17, 15) is 4.79 Å². The molecule has 1 aromatic carbocycles. The van der Waals surface area contributed by atoms with E-state index < -0.39 is 0 Å². The Kier molecular flexibility index (Phi) is 6.16. The standard InChI is InChI=1S/C15H23ClN2O/c1-11(2)9-13(16)10-17-15(19)12-5-7-14(8-6-12)18(3)4/h5-8,11,13H,9-10H2,1-4H3,(H,17,19). The van der Waals surface area contributed by atoms with Crippen LogP contribution in [0.3, 0.4) is 0 Å². The zero-order chi connectivity index (χ0) is 14.4. The average Bonchev–Trinajstić information content (AvgIpc) is 2.35. The predicted molar refractivity (Wildman–Crippen MR) is 82.2 cm³/mol. The van der Waals surface area contributed by atoms with Crippen LogP contribution < -0.4 is 10.2 Å². The highest BCUT2D eigenvalue weighted by Gasteiger charge is 2.10. The van der Waals surface area contributed by atoms with Crippen molar-refractivity contribution < 1.29 is 4.79 Å². The van der Waals surface area contributed by atoms with Gasteiger partial charge in [0.1, 0.15) is 0 Å². The number of benzene rings is 1. The lowest BCUT2D eigenvalue weighted by molar-refractivity contribution is 0.0953. The van der Waals surface area contributed by atoms with Gasteiger partial charge >= 0.3 is 0 Å². The van der Waals surface area contributed by atoms with E-state index in [1.807, 2.05) is 43.3 Å². The molecule has 0 fully saturated rings. The molecule has 4 heteroatoms. The number of nitrogens with zero attached hydrogens (tertiary/aromatic N) is 1. The second-order valence-electron chi connectivity index (χ2n) is 5.38. The summed E-state index contributed by atoms with van der Waals surface area (Å²) in [5, 5.41) is 2.86. The maximum absolute atomic E-state index is 11.9. The summed E-state index contributed by atoms with van der Waals surface area (Å²) in [5.74, 6) is 0.471. The van der Waals surface area contributed by atoms with Crippen molar-refractivity contribution in [3.05, 3.63) is 29.8 Å². The van der Waals surface area contributed by atoms with Crippen molar-refractivity contribution in [1.29, 1.82) is 0 Å². The topological polar surface area (TPSA) is 32.3 Å². The summed E-state index contributed by atoms with van der Waals surface area (Å²) < 4.78 is 0. The number of amides is 1. The third-order valence-electron chi connectivity index (χ3n) is 2.86. The van der Waals surface area contributed by atoms with E-state index >= 15 is 0 Å². The largest absolute Gasteiger partial charge is 0.378 e. The van der Waals surface area contributed by atoms with Crippen molar-refractivity contribution in [2.45, 2.75) is 25.6 Å². The molecule has 0 aromatic heterocycles. The number of carbonyl (C=O) groups excluding carboxylic acids is 1. The normalized spacial score (nSPS) is 12.3. The van der Waals surface area contributed by atoms with Gasteiger partial charge in [0.15, 0.2) is 0 Å². The number of hydrogen-bond donors (Lipinski definition) is 1. The lowest BCUT2D eigenvalue weighted by Crippen LogP contribution is -2.30. The van der Waals surface area contributed by atoms with Gasteiger partial charge in [-0.2, -0.15) is 0 Å². The molecule has 19 heavy (non-hydrogen) atoms. The quantitative estimate of drug-likeness (QED) is 0.813. The molecule has 1 rings (SSSR count). The minimum Gasteiger partial charge on any atom is -0.378 e. The summed E-state index contributed by atoms with van der Waals surface area (Å²) in [5.41, 5.74) is 1.74. The van der Waals surface area contributed by atoms with E-state index in [-0.39, 0.29) is 11.3 Å². The Balaban J connectivity index is 2.49. The third kappa shape index (κ3) is 5.52. The van der Waals surface area contributed by atoms with Crippen LogP contribution in [0.1, 0.15) is 30.6 Å². The van der Waals surface area contributed by atoms with Gasteiger partial charge in [0.05, 0.1) is 5.38 Å². The van der Waals surface area contributed by atoms with Crippen LogP contribution >= 0.6 is 11.6 Å². The zero-order valence-electron chi connectivity index (χ0n) is 12.1. The maximum atomic E-state index is 11.9. The number of rotatable bonds is 6. The summed E-state index contributed by atoms with van der Waals surface area (Å²) in [6.07, 6.45) is 0.904. The Labute approximate surface area is 120 Å². The molecule has 0 bridgehead atoms. The number of alkyl halides is 1. The van der Waals surface area contributed by atoms with Crippen molar-refractivity contribution in [2.75, 3.05) is 25.5 Å². The van der Waals surface area contributed by atoms with Crippen LogP contribution in [0.4, 0.5) is 5.69 Å². The number of halogens is 1. The first kappa shape index (κ1) is 15.8. The SMILES string of the molecule is CC(C)CC(Cl)CNC(=O)c1ccc(N(C)C)cc1. The summed E-state index contributed by atoms with van der Waals surface area (Å²) >= 11 is 6.15. The molecule has 0 aliphatic heterocycles. The van der Waals surface area contributed by atoms with Crippen LogP contribution in [0.2, 0.25) is 0 Å². The Bertz CT molecular complexity index is 401. The molecule has 0 heterocycles. The summed E-state index contributed by atoms with van der Waals surface area (Å²) in [6.45, 7) is 4.75. The monoisotopic (exact) mass is 282 g/mol. The summed E-state index contributed by atoms with van der Waals surface area (Å²) in [4.78, 5) is 13.9. The van der Waals surface area contributed by atoms with Crippen molar-refractivity contribution in [1.82, 2.24) is 5.32 Å². The fourth-order valence-electron chi connectivity index (χ4n) is 1.81. The molecule has 1 atom stereocenters. The fourth-order valence-corrected chi connectivity index (χ4v) is 2.24. The second-order valence-corrected chi connectivity index (χ2v) is 6.00. The highest BCUT2D eigenvalue weighted by Crippen LogP contribution is 2.13. The van der Waals surface area contributed by atoms with Gasteiger partial charge in [0, 0.05) is 31.9 Å². The molecular weight excluding hydrogens is 260 g/mol. The first-order valence-electron chi connectivity index (χ1n) is 6.59. The van der Waals surface area contributed by atoms with Crippen molar-refractivity contribution >= 4 is 23.2 Å². The first-order chi connectivity index (χ1) is 8.90. The van der Waals surface area contributed by atoms with Crippen molar-refractivity contribution in [3.63, 3.8) is 0 Å². The van der Waals surface area contributed by atoms with Crippen LogP contribution in [-0.4, -0.2) is 31.9 Å². The Morgan fingerprint density at radius 3 is 2.32 bits per heavy atom. The van der Waals surface area contributed by atoms with E-state index in [0.717, 1.165) is 12.1 Å². The lowest BCUT2D eigenvalue weighted by atomic mass is 10.1. The molecule has 0 spiro atoms. The molecule has 0 saturated heterocycles. The average molecular weight is 283 g/mol. The first-order valence-corrected chi connectivity index (χ1v) is 7.03. The predicted octanol–water partition coefficient (Wildman–Crippen LogP) is 3.14. The Morgan fingerprint density at radius 1 is 1.26 bits per heavy atom. The van der Waals surface area contributed by atoms with Gasteiger partial charge in [-0.1, -0.05) is 13.8 Å². The van der Waals surface area contributed by atoms with Crippen LogP contribution in [0.25, 0.3) is 0 Å². The molecule has 3 nitrogen and oxygen atoms in total. The zero-order valence-corrected chi connectivity index (χ0v) is 12.9. The van der Waals surface area contributed by atoms with E-state index in [2.05, 4.69) is 19.2 Å². The molecule has 1 aromatic rings. The lowest BCUT2D eigenvalue weighted by Gasteiger charge is -2.14. The Hall–Kier alpha value is -1.22. The van der Waals surface area contributed by atoms with Gasteiger partial charge in [-0.05, 0) is 36.6 Å². The van der Waals surface area contributed by atoms with E-state index in [4.69, 9.17) is 11.6 Å². The molecule has 1 unspecified atom stereocenters. The van der Waals surface area contributed by atoms with Crippen molar-refractivity contribution in [3.8, 4) is 0 Å². The van der Waals surface area contributed by atoms with Gasteiger partial charge < -0.3 is 10.2 Å². The maximum Gasteiger partial charge on any atom is 0.251 e. The van der Waals surface area contributed by atoms with Gasteiger partial charge in [0.2, 0.25) is 0 Å². The summed E-state index contributed by atoms with van der Waals surface area (Å²) in [7, 11) is 3.94. The molecule has 0 saturated carbocycles. The van der Waals surface area contributed by atoms with E-state index in [0.29, 0.717) is 18.0 Å². The minimum absolute atomic E-state index is 0.00926. The highest BCUT2D eigenvalue weighted by atomic mass is 35.5.